The van der Waals surface area contributed by atoms with Crippen LogP contribution in [0.25, 0.3) is 11.0 Å². The van der Waals surface area contributed by atoms with E-state index in [0.29, 0.717) is 59.3 Å². The van der Waals surface area contributed by atoms with Crippen molar-refractivity contribution in [2.24, 2.45) is 0 Å². The van der Waals surface area contributed by atoms with Crippen LogP contribution in [-0.4, -0.2) is 106 Å². The Hall–Kier alpha value is -6.01. The van der Waals surface area contributed by atoms with Crippen molar-refractivity contribution in [1.29, 1.82) is 0 Å². The molecule has 5 N–H and O–H groups in total. The average Bonchev–Trinajstić information content (AvgIpc) is 3.99. The number of pyridine rings is 2. The van der Waals surface area contributed by atoms with Gasteiger partial charge in [0.1, 0.15) is 17.2 Å². The molecule has 0 spiro atoms. The number of piperazine rings is 1. The van der Waals surface area contributed by atoms with Crippen LogP contribution in [0.3, 0.4) is 0 Å². The minimum Gasteiger partial charge on any atom is -0.484 e. The zero-order valence-corrected chi connectivity index (χ0v) is 40.1. The third kappa shape index (κ3) is 13.3. The highest BCUT2D eigenvalue weighted by Gasteiger charge is 2.26. The third-order valence-corrected chi connectivity index (χ3v) is 13.6. The predicted molar refractivity (Wildman–Crippen MR) is 263 cm³/mol. The topological polar surface area (TPSA) is 205 Å². The number of fused-ring (bicyclic) bond motifs is 1. The summed E-state index contributed by atoms with van der Waals surface area (Å²) < 4.78 is 7.38. The molecule has 0 bridgehead atoms. The molecular weight excluding hydrogens is 871 g/mol. The van der Waals surface area contributed by atoms with Crippen LogP contribution in [0.5, 0.6) is 5.75 Å². The van der Waals surface area contributed by atoms with Crippen LogP contribution in [0.1, 0.15) is 122 Å². The third-order valence-electron chi connectivity index (χ3n) is 12.7. The number of benzene rings is 1. The first-order chi connectivity index (χ1) is 32.4. The molecular formula is C49H65N11O6S. The number of aromatic nitrogens is 4. The quantitative estimate of drug-likeness (QED) is 0.0438. The maximum atomic E-state index is 13.6. The number of nitrogens with zero attached hydrogens (tertiary/aromatic N) is 6. The molecule has 18 heteroatoms. The molecule has 1 saturated heterocycles. The van der Waals surface area contributed by atoms with E-state index in [4.69, 9.17) is 9.72 Å². The summed E-state index contributed by atoms with van der Waals surface area (Å²) in [5, 5.41) is 16.0. The van der Waals surface area contributed by atoms with Crippen molar-refractivity contribution in [3.8, 4) is 5.75 Å². The van der Waals surface area contributed by atoms with Gasteiger partial charge in [-0.25, -0.2) is 9.97 Å². The SMILES string of the molecule is CC(=O)c1c(C)c2cnc(Nc3ccc(N4CCN(CC(=O)NCCCCCCCCCNC(=O)COc5ccc(C(=O)NC6NC=C(C)S6)c(C)c5)CC4)cn3)nc2n(C2CCCC2)c1=O. The molecule has 1 atom stereocenters. The number of carbonyl (C=O) groups is 4. The summed E-state index contributed by atoms with van der Waals surface area (Å²) >= 11 is 1.56. The zero-order chi connectivity index (χ0) is 47.3. The van der Waals surface area contributed by atoms with Gasteiger partial charge in [-0.1, -0.05) is 56.7 Å². The Morgan fingerprint density at radius 3 is 2.19 bits per heavy atom. The predicted octanol–water partition coefficient (Wildman–Crippen LogP) is 6.24. The molecule has 17 nitrogen and oxygen atoms in total. The molecule has 1 aromatic carbocycles. The number of ketones is 1. The number of thioether (sulfide) groups is 1. The number of amides is 3. The van der Waals surface area contributed by atoms with Crippen LogP contribution in [-0.2, 0) is 9.59 Å². The Morgan fingerprint density at radius 1 is 0.851 bits per heavy atom. The van der Waals surface area contributed by atoms with E-state index in [2.05, 4.69) is 46.4 Å². The summed E-state index contributed by atoms with van der Waals surface area (Å²) in [4.78, 5) is 83.2. The van der Waals surface area contributed by atoms with Gasteiger partial charge in [-0.15, -0.1) is 0 Å². The van der Waals surface area contributed by atoms with Crippen LogP contribution < -0.4 is 41.8 Å². The van der Waals surface area contributed by atoms with E-state index in [-0.39, 0.29) is 52.8 Å². The van der Waals surface area contributed by atoms with Gasteiger partial charge in [0.2, 0.25) is 11.9 Å². The first-order valence-electron chi connectivity index (χ1n) is 23.7. The number of allylic oxidation sites excluding steroid dienone is 1. The normalized spacial score (nSPS) is 16.4. The van der Waals surface area contributed by atoms with Crippen molar-refractivity contribution in [1.82, 2.24) is 45.7 Å². The second-order valence-corrected chi connectivity index (χ2v) is 19.1. The maximum Gasteiger partial charge on any atom is 0.263 e. The molecule has 67 heavy (non-hydrogen) atoms. The number of Topliss-reactive ketones (excluding diaryl/α,β-unsaturated/α-hetero) is 1. The standard InChI is InChI=1S/C49H65N11O6S/c1-32-26-38(17-18-39(32)46(64)57-49-54-27-33(2)67-49)66-31-43(63)51-21-13-9-7-5-6-8-12-20-50-42(62)30-58-22-24-59(25-23-58)37-16-19-41(52-28-37)55-48-53-29-40-34(3)44(35(4)61)47(65)60(45(40)56-48)36-14-10-11-15-36/h16-19,26-29,36,49,54H,5-15,20-25,30-31H2,1-4H3,(H,50,62)(H,51,63)(H,57,64)(H,52,53,55,56). The number of nitrogens with one attached hydrogen (secondary N) is 5. The van der Waals surface area contributed by atoms with Gasteiger partial charge < -0.3 is 36.2 Å². The van der Waals surface area contributed by atoms with Crippen LogP contribution in [0.2, 0.25) is 0 Å². The number of aryl methyl sites for hydroxylation is 2. The maximum absolute atomic E-state index is 13.6. The van der Waals surface area contributed by atoms with E-state index in [0.717, 1.165) is 113 Å². The zero-order valence-electron chi connectivity index (χ0n) is 39.2. The number of hydrogen-bond donors (Lipinski definition) is 5. The van der Waals surface area contributed by atoms with Gasteiger partial charge >= 0.3 is 0 Å². The molecule has 3 aromatic heterocycles. The van der Waals surface area contributed by atoms with Crippen LogP contribution in [0, 0.1) is 13.8 Å². The molecule has 358 valence electrons. The van der Waals surface area contributed by atoms with Crippen LogP contribution in [0.4, 0.5) is 17.5 Å². The molecule has 1 saturated carbocycles. The highest BCUT2D eigenvalue weighted by molar-refractivity contribution is 8.03. The Labute approximate surface area is 396 Å². The van der Waals surface area contributed by atoms with Crippen molar-refractivity contribution < 1.29 is 23.9 Å². The van der Waals surface area contributed by atoms with Gasteiger partial charge in [0.15, 0.2) is 17.9 Å². The van der Waals surface area contributed by atoms with Crippen LogP contribution in [0.15, 0.2) is 58.6 Å². The Balaban J connectivity index is 0.714. The lowest BCUT2D eigenvalue weighted by Crippen LogP contribution is -2.49. The van der Waals surface area contributed by atoms with Gasteiger partial charge in [-0.3, -0.25) is 33.4 Å². The highest BCUT2D eigenvalue weighted by Crippen LogP contribution is 2.32. The molecule has 3 aliphatic rings. The fraction of sp³-hybridized carbons (Fsp3) is 0.510. The average molecular weight is 936 g/mol. The van der Waals surface area contributed by atoms with Crippen molar-refractivity contribution in [2.75, 3.05) is 62.6 Å². The van der Waals surface area contributed by atoms with Crippen molar-refractivity contribution in [3.63, 3.8) is 0 Å². The van der Waals surface area contributed by atoms with E-state index in [1.54, 1.807) is 47.6 Å². The van der Waals surface area contributed by atoms with E-state index in [9.17, 15) is 24.0 Å². The number of carbonyl (C=O) groups excluding carboxylic acids is 4. The highest BCUT2D eigenvalue weighted by atomic mass is 32.2. The first-order valence-corrected chi connectivity index (χ1v) is 24.6. The fourth-order valence-electron chi connectivity index (χ4n) is 8.98. The monoisotopic (exact) mass is 935 g/mol. The molecule has 1 aliphatic carbocycles. The van der Waals surface area contributed by atoms with Crippen LogP contribution >= 0.6 is 11.8 Å². The lowest BCUT2D eigenvalue weighted by molar-refractivity contribution is -0.123. The minimum atomic E-state index is -0.279. The number of anilines is 3. The second-order valence-electron chi connectivity index (χ2n) is 17.7. The summed E-state index contributed by atoms with van der Waals surface area (Å²) in [6.07, 6.45) is 16.5. The molecule has 5 heterocycles. The first kappa shape index (κ1) is 48.9. The minimum absolute atomic E-state index is 0.00466. The van der Waals surface area contributed by atoms with E-state index in [1.807, 2.05) is 38.4 Å². The van der Waals surface area contributed by atoms with E-state index < -0.39 is 0 Å². The smallest absolute Gasteiger partial charge is 0.263 e. The summed E-state index contributed by atoms with van der Waals surface area (Å²) in [5.41, 5.74) is 3.23. The van der Waals surface area contributed by atoms with Gasteiger partial charge in [0, 0.05) is 73.6 Å². The van der Waals surface area contributed by atoms with Crippen molar-refractivity contribution in [2.45, 2.75) is 110 Å². The Morgan fingerprint density at radius 2 is 1.55 bits per heavy atom. The van der Waals surface area contributed by atoms with E-state index in [1.165, 1.54) is 6.92 Å². The molecule has 3 amide bonds. The van der Waals surface area contributed by atoms with E-state index >= 15 is 0 Å². The largest absolute Gasteiger partial charge is 0.484 e. The Kier molecular flexibility index (Phi) is 17.3. The number of ether oxygens (including phenoxy) is 1. The van der Waals surface area contributed by atoms with Crippen molar-refractivity contribution >= 4 is 63.8 Å². The van der Waals surface area contributed by atoms with Gasteiger partial charge in [0.25, 0.3) is 17.4 Å². The molecule has 0 radical (unpaired) electrons. The summed E-state index contributed by atoms with van der Waals surface area (Å²) in [6.45, 7) is 11.8. The molecule has 1 unspecified atom stereocenters. The van der Waals surface area contributed by atoms with Gasteiger partial charge in [-0.2, -0.15) is 4.98 Å². The Bertz CT molecular complexity index is 2480. The molecule has 2 fully saturated rings. The lowest BCUT2D eigenvalue weighted by Gasteiger charge is -2.35. The van der Waals surface area contributed by atoms with Gasteiger partial charge in [-0.05, 0) is 94.8 Å². The lowest BCUT2D eigenvalue weighted by atomic mass is 10.0. The summed E-state index contributed by atoms with van der Waals surface area (Å²) in [7, 11) is 0. The molecule has 2 aliphatic heterocycles. The number of hydrogen-bond acceptors (Lipinski definition) is 14. The molecule has 7 rings (SSSR count). The number of rotatable bonds is 22. The summed E-state index contributed by atoms with van der Waals surface area (Å²) in [6, 6.07) is 9.11. The summed E-state index contributed by atoms with van der Waals surface area (Å²) in [5.74, 6) is 0.934. The fourth-order valence-corrected chi connectivity index (χ4v) is 9.79. The van der Waals surface area contributed by atoms with Gasteiger partial charge in [0.05, 0.1) is 24.0 Å². The molecule has 4 aromatic rings. The second kappa shape index (κ2) is 23.6. The van der Waals surface area contributed by atoms with Crippen molar-refractivity contribution in [3.05, 3.63) is 86.4 Å². The number of unbranched alkanes of at least 4 members (excludes halogenated alkanes) is 6.